The number of benzene rings is 2. The molecule has 1 fully saturated rings. The molecular weight excluding hydrogens is 534 g/mol. The Kier molecular flexibility index (Phi) is 6.71. The molecule has 2 aromatic rings. The Hall–Kier alpha value is -1.37. The summed E-state index contributed by atoms with van der Waals surface area (Å²) in [5.74, 6) is -3.02. The van der Waals surface area contributed by atoms with Crippen LogP contribution in [0.2, 0.25) is 0 Å². The van der Waals surface area contributed by atoms with Gasteiger partial charge in [0.05, 0.1) is 23.1 Å². The van der Waals surface area contributed by atoms with E-state index >= 15 is 0 Å². The van der Waals surface area contributed by atoms with Crippen molar-refractivity contribution in [3.8, 4) is 0 Å². The summed E-state index contributed by atoms with van der Waals surface area (Å²) in [5.41, 5.74) is -0.195. The van der Waals surface area contributed by atoms with Crippen LogP contribution in [0.25, 0.3) is 0 Å². The average molecular weight is 555 g/mol. The molecule has 1 unspecified atom stereocenters. The van der Waals surface area contributed by atoms with Crippen LogP contribution in [0.4, 0.5) is 18.9 Å². The van der Waals surface area contributed by atoms with Gasteiger partial charge in [0, 0.05) is 15.6 Å². The van der Waals surface area contributed by atoms with Gasteiger partial charge in [0.1, 0.15) is 5.82 Å². The van der Waals surface area contributed by atoms with E-state index in [1.807, 2.05) is 22.6 Å². The zero-order valence-electron chi connectivity index (χ0n) is 16.1. The lowest BCUT2D eigenvalue weighted by Crippen LogP contribution is -2.35. The lowest BCUT2D eigenvalue weighted by molar-refractivity contribution is 0.0858. The quantitative estimate of drug-likeness (QED) is 0.435. The molecule has 1 aliphatic carbocycles. The molecule has 10 heteroatoms. The van der Waals surface area contributed by atoms with Gasteiger partial charge < -0.3 is 10.2 Å². The van der Waals surface area contributed by atoms with Crippen molar-refractivity contribution in [2.75, 3.05) is 11.3 Å². The Morgan fingerprint density at radius 3 is 2.43 bits per heavy atom. The van der Waals surface area contributed by atoms with Crippen LogP contribution in [0.15, 0.2) is 24.3 Å². The average Bonchev–Trinajstić information content (AvgIpc) is 3.45. The molecule has 1 saturated carbocycles. The number of halogens is 4. The third kappa shape index (κ3) is 4.61. The number of aliphatic hydroxyl groups excluding tert-OH is 2. The normalized spacial score (nSPS) is 16.4. The van der Waals surface area contributed by atoms with Crippen molar-refractivity contribution in [1.29, 1.82) is 0 Å². The second-order valence-electron chi connectivity index (χ2n) is 7.58. The molecule has 1 atom stereocenters. The van der Waals surface area contributed by atoms with Crippen LogP contribution in [0.3, 0.4) is 0 Å². The van der Waals surface area contributed by atoms with Crippen molar-refractivity contribution >= 4 is 38.3 Å². The number of sulfonamides is 1. The molecule has 0 saturated heterocycles. The zero-order valence-corrected chi connectivity index (χ0v) is 19.0. The Bertz CT molecular complexity index is 1070. The zero-order chi connectivity index (χ0) is 22.3. The first-order valence-electron chi connectivity index (χ1n) is 9.22. The molecule has 2 aromatic carbocycles. The predicted octanol–water partition coefficient (Wildman–Crippen LogP) is 3.63. The smallest absolute Gasteiger partial charge is 0.238 e. The third-order valence-electron chi connectivity index (χ3n) is 5.33. The summed E-state index contributed by atoms with van der Waals surface area (Å²) in [7, 11) is -4.10. The maximum atomic E-state index is 14.7. The van der Waals surface area contributed by atoms with E-state index in [0.29, 0.717) is 3.57 Å². The summed E-state index contributed by atoms with van der Waals surface area (Å²) in [6.45, 7) is 0.842. The minimum absolute atomic E-state index is 0.0941. The number of hydrogen-bond acceptors (Lipinski definition) is 4. The Morgan fingerprint density at radius 2 is 1.87 bits per heavy atom. The Balaban J connectivity index is 2.02. The van der Waals surface area contributed by atoms with Crippen LogP contribution < -0.4 is 4.72 Å². The van der Waals surface area contributed by atoms with Gasteiger partial charge in [0.2, 0.25) is 10.0 Å². The van der Waals surface area contributed by atoms with E-state index in [0.717, 1.165) is 6.07 Å². The highest BCUT2D eigenvalue weighted by Crippen LogP contribution is 2.48. The minimum Gasteiger partial charge on any atom is -0.394 e. The van der Waals surface area contributed by atoms with Gasteiger partial charge in [0.25, 0.3) is 0 Å². The van der Waals surface area contributed by atoms with Crippen LogP contribution in [0.5, 0.6) is 0 Å². The number of rotatable bonds is 8. The van der Waals surface area contributed by atoms with Gasteiger partial charge in [-0.1, -0.05) is 6.07 Å². The monoisotopic (exact) mass is 555 g/mol. The molecule has 0 radical (unpaired) electrons. The fraction of sp³-hybridized carbons (Fsp3) is 0.400. The molecule has 3 rings (SSSR count). The van der Waals surface area contributed by atoms with Gasteiger partial charge in [-0.2, -0.15) is 0 Å². The first-order valence-corrected chi connectivity index (χ1v) is 11.8. The van der Waals surface area contributed by atoms with E-state index in [4.69, 9.17) is 5.11 Å². The summed E-state index contributed by atoms with van der Waals surface area (Å²) in [6, 6.07) is 5.18. The Morgan fingerprint density at radius 1 is 1.20 bits per heavy atom. The standard InChI is InChI=1S/C20H21F3INO4S/c1-11-6-17(22)18(23)15(7-12-2-3-13(24)8-16(12)21)19(11)25-30(28,29)20(4-5-20)9-14(27)10-26/h2-3,6,8,14,25-27H,4-5,7,9-10H2,1H3. The van der Waals surface area contributed by atoms with Gasteiger partial charge >= 0.3 is 0 Å². The molecule has 0 heterocycles. The first-order chi connectivity index (χ1) is 14.0. The van der Waals surface area contributed by atoms with Crippen molar-refractivity contribution in [1.82, 2.24) is 0 Å². The maximum absolute atomic E-state index is 14.7. The molecule has 0 aliphatic heterocycles. The fourth-order valence-electron chi connectivity index (χ4n) is 3.44. The van der Waals surface area contributed by atoms with Gasteiger partial charge in [-0.25, -0.2) is 21.6 Å². The van der Waals surface area contributed by atoms with Crippen LogP contribution in [-0.4, -0.2) is 36.1 Å². The van der Waals surface area contributed by atoms with E-state index < -0.39 is 44.9 Å². The molecule has 0 aromatic heterocycles. The largest absolute Gasteiger partial charge is 0.394 e. The summed E-state index contributed by atoms with van der Waals surface area (Å²) in [4.78, 5) is 0. The van der Waals surface area contributed by atoms with Gasteiger partial charge in [-0.15, -0.1) is 0 Å². The highest BCUT2D eigenvalue weighted by molar-refractivity contribution is 14.1. The van der Waals surface area contributed by atoms with Gasteiger partial charge in [-0.05, 0) is 78.1 Å². The van der Waals surface area contributed by atoms with E-state index in [-0.39, 0.29) is 48.1 Å². The van der Waals surface area contributed by atoms with Crippen LogP contribution in [0.1, 0.15) is 36.0 Å². The van der Waals surface area contributed by atoms with Crippen molar-refractivity contribution in [3.63, 3.8) is 0 Å². The molecule has 30 heavy (non-hydrogen) atoms. The number of aliphatic hydroxyl groups is 2. The number of hydrogen-bond donors (Lipinski definition) is 3. The van der Waals surface area contributed by atoms with E-state index in [9.17, 15) is 26.7 Å². The summed E-state index contributed by atoms with van der Waals surface area (Å²) in [6.07, 6.45) is -1.21. The lowest BCUT2D eigenvalue weighted by atomic mass is 9.99. The summed E-state index contributed by atoms with van der Waals surface area (Å²) < 4.78 is 70.8. The van der Waals surface area contributed by atoms with E-state index in [1.165, 1.54) is 19.1 Å². The molecule has 164 valence electrons. The van der Waals surface area contributed by atoms with Crippen molar-refractivity contribution < 1.29 is 31.8 Å². The van der Waals surface area contributed by atoms with Crippen molar-refractivity contribution in [2.24, 2.45) is 0 Å². The third-order valence-corrected chi connectivity index (χ3v) is 8.19. The van der Waals surface area contributed by atoms with E-state index in [1.54, 1.807) is 6.07 Å². The fourth-order valence-corrected chi connectivity index (χ4v) is 5.71. The highest BCUT2D eigenvalue weighted by Gasteiger charge is 2.55. The minimum atomic E-state index is -4.10. The van der Waals surface area contributed by atoms with Crippen LogP contribution in [-0.2, 0) is 16.4 Å². The van der Waals surface area contributed by atoms with Crippen molar-refractivity contribution in [2.45, 2.75) is 43.5 Å². The molecule has 0 amide bonds. The summed E-state index contributed by atoms with van der Waals surface area (Å²) in [5, 5.41) is 18.8. The molecule has 5 nitrogen and oxygen atoms in total. The van der Waals surface area contributed by atoms with Gasteiger partial charge in [-0.3, -0.25) is 4.72 Å². The van der Waals surface area contributed by atoms with Crippen LogP contribution in [0, 0.1) is 27.9 Å². The molecule has 3 N–H and O–H groups in total. The van der Waals surface area contributed by atoms with Gasteiger partial charge in [0.15, 0.2) is 11.6 Å². The second kappa shape index (κ2) is 8.64. The first kappa shape index (κ1) is 23.3. The molecule has 1 aliphatic rings. The topological polar surface area (TPSA) is 86.6 Å². The van der Waals surface area contributed by atoms with Crippen molar-refractivity contribution in [3.05, 3.63) is 62.0 Å². The van der Waals surface area contributed by atoms with E-state index in [2.05, 4.69) is 4.72 Å². The predicted molar refractivity (Wildman–Crippen MR) is 115 cm³/mol. The van der Waals surface area contributed by atoms with Crippen LogP contribution >= 0.6 is 22.6 Å². The summed E-state index contributed by atoms with van der Waals surface area (Å²) >= 11 is 1.92. The Labute approximate surface area is 186 Å². The highest BCUT2D eigenvalue weighted by atomic mass is 127. The number of aryl methyl sites for hydroxylation is 1. The molecule has 0 spiro atoms. The number of anilines is 1. The SMILES string of the molecule is Cc1cc(F)c(F)c(Cc2ccc(I)cc2F)c1NS(=O)(=O)C1(CC(O)CO)CC1. The molecular formula is C20H21F3INO4S. The maximum Gasteiger partial charge on any atom is 0.238 e. The molecule has 0 bridgehead atoms. The number of nitrogens with one attached hydrogen (secondary N) is 1. The lowest BCUT2D eigenvalue weighted by Gasteiger charge is -2.23. The second-order valence-corrected chi connectivity index (χ2v) is 10.9.